The molecule has 3 nitrogen and oxygen atoms in total. The van der Waals surface area contributed by atoms with Crippen molar-refractivity contribution in [1.82, 2.24) is 5.32 Å². The zero-order valence-corrected chi connectivity index (χ0v) is 6.02. The van der Waals surface area contributed by atoms with E-state index in [-0.39, 0.29) is 5.78 Å². The van der Waals surface area contributed by atoms with Gasteiger partial charge in [0.1, 0.15) is 0 Å². The van der Waals surface area contributed by atoms with E-state index in [4.69, 9.17) is 0 Å². The van der Waals surface area contributed by atoms with E-state index in [9.17, 15) is 9.59 Å². The van der Waals surface area contributed by atoms with Crippen LogP contribution < -0.4 is 5.32 Å². The summed E-state index contributed by atoms with van der Waals surface area (Å²) in [4.78, 5) is 20.3. The molecule has 0 bridgehead atoms. The predicted molar refractivity (Wildman–Crippen MR) is 37.5 cm³/mol. The van der Waals surface area contributed by atoms with E-state index >= 15 is 0 Å². The summed E-state index contributed by atoms with van der Waals surface area (Å²) >= 11 is 3.85. The van der Waals surface area contributed by atoms with Gasteiger partial charge in [0.15, 0.2) is 5.78 Å². The van der Waals surface area contributed by atoms with Gasteiger partial charge in [0.05, 0.1) is 6.04 Å². The van der Waals surface area contributed by atoms with E-state index in [2.05, 4.69) is 17.9 Å². The molecule has 0 saturated carbocycles. The molecule has 9 heavy (non-hydrogen) atoms. The van der Waals surface area contributed by atoms with Crippen LogP contribution in [0.15, 0.2) is 0 Å². The molecule has 1 unspecified atom stereocenters. The van der Waals surface area contributed by atoms with Gasteiger partial charge in [-0.2, -0.15) is 12.6 Å². The Balaban J connectivity index is 3.67. The van der Waals surface area contributed by atoms with Gasteiger partial charge in [-0.1, -0.05) is 0 Å². The van der Waals surface area contributed by atoms with Crippen molar-refractivity contribution in [2.75, 3.05) is 5.75 Å². The fraction of sp³-hybridized carbons (Fsp3) is 0.600. The molecule has 0 saturated heterocycles. The molecule has 1 amide bonds. The van der Waals surface area contributed by atoms with Crippen molar-refractivity contribution in [3.63, 3.8) is 0 Å². The van der Waals surface area contributed by atoms with Gasteiger partial charge in [0.2, 0.25) is 6.41 Å². The average molecular weight is 147 g/mol. The molecule has 0 heterocycles. The second-order valence-corrected chi connectivity index (χ2v) is 2.00. The zero-order valence-electron chi connectivity index (χ0n) is 5.13. The molecule has 4 heteroatoms. The third kappa shape index (κ3) is 3.13. The summed E-state index contributed by atoms with van der Waals surface area (Å²) in [5.74, 6) is 0.283. The Hall–Kier alpha value is -0.510. The Labute approximate surface area is 59.2 Å². The Kier molecular flexibility index (Phi) is 4.13. The Morgan fingerprint density at radius 1 is 1.89 bits per heavy atom. The molecule has 1 N–H and O–H groups in total. The highest BCUT2D eigenvalue weighted by Gasteiger charge is 2.08. The molecule has 0 aliphatic heterocycles. The number of ketones is 1. The number of thiol groups is 1. The van der Waals surface area contributed by atoms with Crippen molar-refractivity contribution in [2.24, 2.45) is 0 Å². The monoisotopic (exact) mass is 147 g/mol. The number of nitrogens with one attached hydrogen (secondary N) is 1. The second-order valence-electron chi connectivity index (χ2n) is 1.63. The normalized spacial score (nSPS) is 12.2. The summed E-state index contributed by atoms with van der Waals surface area (Å²) in [7, 11) is 0. The van der Waals surface area contributed by atoms with Crippen molar-refractivity contribution in [3.8, 4) is 0 Å². The van der Waals surface area contributed by atoms with Gasteiger partial charge in [-0.15, -0.1) is 0 Å². The van der Waals surface area contributed by atoms with Crippen LogP contribution in [0.3, 0.4) is 0 Å². The second kappa shape index (κ2) is 4.38. The van der Waals surface area contributed by atoms with E-state index in [0.717, 1.165) is 0 Å². The fourth-order valence-electron chi connectivity index (χ4n) is 0.381. The molecule has 0 rings (SSSR count). The summed E-state index contributed by atoms with van der Waals surface area (Å²) in [5.41, 5.74) is 0. The Bertz CT molecular complexity index is 116. The molecule has 0 aromatic rings. The van der Waals surface area contributed by atoms with Crippen molar-refractivity contribution in [2.45, 2.75) is 13.0 Å². The molecule has 0 aromatic carbocycles. The van der Waals surface area contributed by atoms with E-state index < -0.39 is 6.04 Å². The minimum Gasteiger partial charge on any atom is -0.348 e. The van der Waals surface area contributed by atoms with Gasteiger partial charge in [-0.25, -0.2) is 0 Å². The molecule has 0 aliphatic carbocycles. The van der Waals surface area contributed by atoms with Gasteiger partial charge in [-0.05, 0) is 6.92 Å². The van der Waals surface area contributed by atoms with Crippen LogP contribution in [-0.2, 0) is 9.59 Å². The molecule has 0 radical (unpaired) electrons. The van der Waals surface area contributed by atoms with Crippen molar-refractivity contribution in [3.05, 3.63) is 0 Å². The first kappa shape index (κ1) is 8.49. The van der Waals surface area contributed by atoms with Gasteiger partial charge < -0.3 is 5.32 Å². The van der Waals surface area contributed by atoms with Gasteiger partial charge in [0, 0.05) is 5.75 Å². The average Bonchev–Trinajstić information content (AvgIpc) is 1.82. The smallest absolute Gasteiger partial charge is 0.207 e. The molecule has 52 valence electrons. The minimum absolute atomic E-state index is 0.0721. The van der Waals surface area contributed by atoms with Gasteiger partial charge in [-0.3, -0.25) is 9.59 Å². The molecular formula is C5H9NO2S. The maximum Gasteiger partial charge on any atom is 0.207 e. The number of Topliss-reactive ketones (excluding diaryl/α,β-unsaturated/α-hetero) is 1. The number of carbonyl (C=O) groups excluding carboxylic acids is 2. The first-order valence-electron chi connectivity index (χ1n) is 2.53. The molecule has 0 spiro atoms. The van der Waals surface area contributed by atoms with Crippen LogP contribution in [0.1, 0.15) is 6.92 Å². The van der Waals surface area contributed by atoms with E-state index in [0.29, 0.717) is 12.2 Å². The van der Waals surface area contributed by atoms with Crippen molar-refractivity contribution < 1.29 is 9.59 Å². The van der Waals surface area contributed by atoms with E-state index in [1.54, 1.807) is 0 Å². The highest BCUT2D eigenvalue weighted by molar-refractivity contribution is 7.80. The maximum absolute atomic E-state index is 10.5. The number of amides is 1. The van der Waals surface area contributed by atoms with Crippen LogP contribution in [-0.4, -0.2) is 24.0 Å². The highest BCUT2D eigenvalue weighted by Crippen LogP contribution is 1.86. The lowest BCUT2D eigenvalue weighted by molar-refractivity contribution is -0.121. The summed E-state index contributed by atoms with van der Waals surface area (Å²) in [6.07, 6.45) is 0.502. The van der Waals surface area contributed by atoms with Gasteiger partial charge >= 0.3 is 0 Å². The molecule has 0 aromatic heterocycles. The minimum atomic E-state index is -0.425. The number of hydrogen-bond acceptors (Lipinski definition) is 3. The SMILES string of the molecule is CC(=O)C(CS)NC=O. The van der Waals surface area contributed by atoms with Crippen molar-refractivity contribution in [1.29, 1.82) is 0 Å². The first-order chi connectivity index (χ1) is 4.22. The topological polar surface area (TPSA) is 46.2 Å². The van der Waals surface area contributed by atoms with Crippen LogP contribution in [0.4, 0.5) is 0 Å². The number of carbonyl (C=O) groups is 2. The third-order valence-corrected chi connectivity index (χ3v) is 1.31. The van der Waals surface area contributed by atoms with E-state index in [1.807, 2.05) is 0 Å². The lowest BCUT2D eigenvalue weighted by atomic mass is 10.2. The molecular weight excluding hydrogens is 138 g/mol. The fourth-order valence-corrected chi connectivity index (χ4v) is 0.743. The largest absolute Gasteiger partial charge is 0.348 e. The highest BCUT2D eigenvalue weighted by atomic mass is 32.1. The third-order valence-electron chi connectivity index (χ3n) is 0.943. The molecule has 0 fully saturated rings. The Morgan fingerprint density at radius 2 is 2.44 bits per heavy atom. The van der Waals surface area contributed by atoms with Crippen molar-refractivity contribution >= 4 is 24.8 Å². The predicted octanol–water partition coefficient (Wildman–Crippen LogP) is -0.380. The Morgan fingerprint density at radius 3 is 2.56 bits per heavy atom. The van der Waals surface area contributed by atoms with Crippen LogP contribution in [0, 0.1) is 0 Å². The molecule has 1 atom stereocenters. The van der Waals surface area contributed by atoms with Crippen LogP contribution in [0.25, 0.3) is 0 Å². The summed E-state index contributed by atoms with van der Waals surface area (Å²) in [6.45, 7) is 1.41. The van der Waals surface area contributed by atoms with Gasteiger partial charge in [0.25, 0.3) is 0 Å². The lowest BCUT2D eigenvalue weighted by Gasteiger charge is -2.06. The summed E-state index contributed by atoms with van der Waals surface area (Å²) < 4.78 is 0. The number of hydrogen-bond donors (Lipinski definition) is 2. The summed E-state index contributed by atoms with van der Waals surface area (Å²) in [5, 5.41) is 2.33. The lowest BCUT2D eigenvalue weighted by Crippen LogP contribution is -2.35. The van der Waals surface area contributed by atoms with Crippen LogP contribution in [0.2, 0.25) is 0 Å². The quantitative estimate of drug-likeness (QED) is 0.420. The zero-order chi connectivity index (χ0) is 7.28. The van der Waals surface area contributed by atoms with E-state index in [1.165, 1.54) is 6.92 Å². The van der Waals surface area contributed by atoms with Crippen LogP contribution in [0.5, 0.6) is 0 Å². The standard InChI is InChI=1S/C5H9NO2S/c1-4(8)5(2-9)6-3-7/h3,5,9H,2H2,1H3,(H,6,7). The molecule has 0 aliphatic rings. The first-order valence-corrected chi connectivity index (χ1v) is 3.16. The van der Waals surface area contributed by atoms with Crippen LogP contribution >= 0.6 is 12.6 Å². The maximum atomic E-state index is 10.5. The number of rotatable bonds is 4. The summed E-state index contributed by atoms with van der Waals surface area (Å²) in [6, 6.07) is -0.425.